The fourth-order valence-electron chi connectivity index (χ4n) is 1.47. The van der Waals surface area contributed by atoms with Crippen LogP contribution in [-0.2, 0) is 0 Å². The molecule has 1 aromatic carbocycles. The molecule has 0 fully saturated rings. The number of nitrogens with zero attached hydrogens (tertiary/aromatic N) is 4. The van der Waals surface area contributed by atoms with Crippen LogP contribution in [-0.4, -0.2) is 25.3 Å². The van der Waals surface area contributed by atoms with Crippen LogP contribution < -0.4 is 5.73 Å². The van der Waals surface area contributed by atoms with Gasteiger partial charge in [0.2, 0.25) is 5.82 Å². The van der Waals surface area contributed by atoms with Crippen LogP contribution in [0, 0.1) is 0 Å². The molecule has 0 aliphatic rings. The number of rotatable bonds is 2. The highest BCUT2D eigenvalue weighted by atomic mass is 79.9. The molecule has 0 aliphatic carbocycles. The van der Waals surface area contributed by atoms with Gasteiger partial charge in [-0.05, 0) is 18.2 Å². The van der Waals surface area contributed by atoms with Gasteiger partial charge < -0.3 is 10.3 Å². The lowest BCUT2D eigenvalue weighted by Crippen LogP contribution is -1.90. The maximum absolute atomic E-state index is 5.89. The lowest BCUT2D eigenvalue weighted by atomic mass is 10.2. The normalized spacial score (nSPS) is 10.7. The third-order valence-electron chi connectivity index (χ3n) is 2.30. The third-order valence-corrected chi connectivity index (χ3v) is 2.79. The maximum atomic E-state index is 5.89. The lowest BCUT2D eigenvalue weighted by Gasteiger charge is -2.00. The smallest absolute Gasteiger partial charge is 0.260 e. The Morgan fingerprint density at radius 1 is 1.33 bits per heavy atom. The topological polar surface area (TPSA) is 107 Å². The first-order valence-corrected chi connectivity index (χ1v) is 5.78. The summed E-state index contributed by atoms with van der Waals surface area (Å²) in [5.74, 6) is 1.12. The van der Waals surface area contributed by atoms with Crippen molar-refractivity contribution in [1.29, 1.82) is 0 Å². The second kappa shape index (κ2) is 4.22. The first-order valence-electron chi connectivity index (χ1n) is 4.99. The molecule has 7 nitrogen and oxygen atoms in total. The van der Waals surface area contributed by atoms with Crippen LogP contribution >= 0.6 is 15.9 Å². The van der Waals surface area contributed by atoms with E-state index in [2.05, 4.69) is 41.3 Å². The molecule has 3 aromatic rings. The molecular formula is C10H7BrN6O. The summed E-state index contributed by atoms with van der Waals surface area (Å²) in [5, 5.41) is 10.2. The monoisotopic (exact) mass is 306 g/mol. The Balaban J connectivity index is 2.03. The molecule has 0 radical (unpaired) electrons. The van der Waals surface area contributed by atoms with Gasteiger partial charge in [0, 0.05) is 10.2 Å². The van der Waals surface area contributed by atoms with Gasteiger partial charge in [0.1, 0.15) is 6.33 Å². The summed E-state index contributed by atoms with van der Waals surface area (Å²) in [6.45, 7) is 0. The minimum absolute atomic E-state index is 0.338. The van der Waals surface area contributed by atoms with Crippen molar-refractivity contribution in [2.24, 2.45) is 0 Å². The van der Waals surface area contributed by atoms with E-state index in [9.17, 15) is 0 Å². The molecule has 0 atom stereocenters. The third kappa shape index (κ3) is 1.86. The number of benzene rings is 1. The number of hydrogen-bond donors (Lipinski definition) is 2. The molecule has 90 valence electrons. The number of nitrogen functional groups attached to an aromatic ring is 1. The van der Waals surface area contributed by atoms with Crippen molar-refractivity contribution in [3.8, 4) is 23.1 Å². The highest BCUT2D eigenvalue weighted by Gasteiger charge is 2.14. The van der Waals surface area contributed by atoms with Crippen LogP contribution in [0.2, 0.25) is 0 Å². The van der Waals surface area contributed by atoms with Gasteiger partial charge in [-0.2, -0.15) is 10.1 Å². The molecule has 8 heteroatoms. The quantitative estimate of drug-likeness (QED) is 0.700. The van der Waals surface area contributed by atoms with Gasteiger partial charge >= 0.3 is 0 Å². The van der Waals surface area contributed by atoms with Crippen LogP contribution in [0.5, 0.6) is 0 Å². The van der Waals surface area contributed by atoms with Crippen LogP contribution in [0.15, 0.2) is 33.5 Å². The largest absolute Gasteiger partial charge is 0.398 e. The van der Waals surface area contributed by atoms with E-state index in [0.29, 0.717) is 28.8 Å². The Labute approximate surface area is 110 Å². The SMILES string of the molecule is Nc1cc(Br)ccc1-c1nc(-c2ncn[nH]2)no1. The Kier molecular flexibility index (Phi) is 2.56. The lowest BCUT2D eigenvalue weighted by molar-refractivity contribution is 0.432. The number of nitrogens with one attached hydrogen (secondary N) is 1. The molecule has 0 saturated carbocycles. The van der Waals surface area contributed by atoms with Crippen molar-refractivity contribution in [1.82, 2.24) is 25.3 Å². The summed E-state index contributed by atoms with van der Waals surface area (Å²) in [5.41, 5.74) is 7.12. The second-order valence-electron chi connectivity index (χ2n) is 3.49. The zero-order valence-corrected chi connectivity index (χ0v) is 10.5. The Morgan fingerprint density at radius 2 is 2.22 bits per heavy atom. The molecule has 2 heterocycles. The van der Waals surface area contributed by atoms with E-state index in [1.54, 1.807) is 12.1 Å². The highest BCUT2D eigenvalue weighted by molar-refractivity contribution is 9.10. The fraction of sp³-hybridized carbons (Fsp3) is 0. The van der Waals surface area contributed by atoms with Crippen LogP contribution in [0.3, 0.4) is 0 Å². The Morgan fingerprint density at radius 3 is 2.94 bits per heavy atom. The van der Waals surface area contributed by atoms with E-state index in [1.165, 1.54) is 6.33 Å². The van der Waals surface area contributed by atoms with E-state index in [1.807, 2.05) is 6.07 Å². The zero-order chi connectivity index (χ0) is 12.5. The summed E-state index contributed by atoms with van der Waals surface area (Å²) in [4.78, 5) is 8.15. The molecular weight excluding hydrogens is 300 g/mol. The average Bonchev–Trinajstić information content (AvgIpc) is 2.99. The first-order chi connectivity index (χ1) is 8.74. The summed E-state index contributed by atoms with van der Waals surface area (Å²) in [6.07, 6.45) is 1.37. The Bertz CT molecular complexity index is 678. The summed E-state index contributed by atoms with van der Waals surface area (Å²) < 4.78 is 6.04. The second-order valence-corrected chi connectivity index (χ2v) is 4.40. The molecule has 0 saturated heterocycles. The zero-order valence-electron chi connectivity index (χ0n) is 8.96. The number of aromatic nitrogens is 5. The molecule has 0 amide bonds. The number of anilines is 1. The molecule has 0 spiro atoms. The van der Waals surface area contributed by atoms with Crippen molar-refractivity contribution in [2.75, 3.05) is 5.73 Å². The minimum Gasteiger partial charge on any atom is -0.398 e. The van der Waals surface area contributed by atoms with Crippen molar-refractivity contribution in [3.63, 3.8) is 0 Å². The van der Waals surface area contributed by atoms with Crippen molar-refractivity contribution in [2.45, 2.75) is 0 Å². The van der Waals surface area contributed by atoms with Gasteiger partial charge in [0.25, 0.3) is 5.89 Å². The number of aromatic amines is 1. The van der Waals surface area contributed by atoms with E-state index in [4.69, 9.17) is 10.3 Å². The summed E-state index contributed by atoms with van der Waals surface area (Å²) in [6, 6.07) is 5.43. The number of hydrogen-bond acceptors (Lipinski definition) is 6. The minimum atomic E-state index is 0.338. The molecule has 3 rings (SSSR count). The molecule has 0 aliphatic heterocycles. The standard InChI is InChI=1S/C10H7BrN6O/c11-5-1-2-6(7(12)3-5)10-15-9(17-18-10)8-13-4-14-16-8/h1-4H,12H2,(H,13,14,16). The number of nitrogens with two attached hydrogens (primary N) is 1. The molecule has 0 bridgehead atoms. The van der Waals surface area contributed by atoms with Gasteiger partial charge in [0.05, 0.1) is 5.56 Å². The van der Waals surface area contributed by atoms with Gasteiger partial charge in [-0.1, -0.05) is 21.1 Å². The molecule has 3 N–H and O–H groups in total. The van der Waals surface area contributed by atoms with E-state index in [-0.39, 0.29) is 0 Å². The summed E-state index contributed by atoms with van der Waals surface area (Å²) >= 11 is 3.34. The molecule has 2 aromatic heterocycles. The van der Waals surface area contributed by atoms with E-state index >= 15 is 0 Å². The predicted octanol–water partition coefficient (Wildman–Crippen LogP) is 1.87. The van der Waals surface area contributed by atoms with Crippen LogP contribution in [0.25, 0.3) is 23.1 Å². The van der Waals surface area contributed by atoms with Gasteiger partial charge in [-0.3, -0.25) is 5.10 Å². The maximum Gasteiger partial charge on any atom is 0.260 e. The molecule has 0 unspecified atom stereocenters. The van der Waals surface area contributed by atoms with Crippen molar-refractivity contribution in [3.05, 3.63) is 29.0 Å². The number of halogens is 1. The summed E-state index contributed by atoms with van der Waals surface area (Å²) in [7, 11) is 0. The predicted molar refractivity (Wildman–Crippen MR) is 67.2 cm³/mol. The van der Waals surface area contributed by atoms with E-state index in [0.717, 1.165) is 4.47 Å². The van der Waals surface area contributed by atoms with E-state index < -0.39 is 0 Å². The first kappa shape index (κ1) is 10.9. The molecule has 18 heavy (non-hydrogen) atoms. The fourth-order valence-corrected chi connectivity index (χ4v) is 1.85. The van der Waals surface area contributed by atoms with Crippen molar-refractivity contribution >= 4 is 21.6 Å². The van der Waals surface area contributed by atoms with Gasteiger partial charge in [-0.15, -0.1) is 0 Å². The van der Waals surface area contributed by atoms with Crippen LogP contribution in [0.4, 0.5) is 5.69 Å². The van der Waals surface area contributed by atoms with Crippen molar-refractivity contribution < 1.29 is 4.52 Å². The average molecular weight is 307 g/mol. The van der Waals surface area contributed by atoms with Crippen LogP contribution in [0.1, 0.15) is 0 Å². The number of H-pyrrole nitrogens is 1. The Hall–Kier alpha value is -2.22. The highest BCUT2D eigenvalue weighted by Crippen LogP contribution is 2.28. The van der Waals surface area contributed by atoms with Gasteiger partial charge in [0.15, 0.2) is 5.82 Å². The van der Waals surface area contributed by atoms with Gasteiger partial charge in [-0.25, -0.2) is 4.98 Å².